The Morgan fingerprint density at radius 3 is 2.47 bits per heavy atom. The second kappa shape index (κ2) is 9.65. The summed E-state index contributed by atoms with van der Waals surface area (Å²) in [6.45, 7) is -0.134. The molecule has 10 heteroatoms. The molecule has 2 aromatic rings. The first kappa shape index (κ1) is 22.5. The van der Waals surface area contributed by atoms with E-state index in [2.05, 4.69) is 11.2 Å². The van der Waals surface area contributed by atoms with Crippen LogP contribution in [0, 0.1) is 18.2 Å². The molecule has 0 aliphatic carbocycles. The second-order valence-electron chi connectivity index (χ2n) is 5.81. The molecule has 0 fully saturated rings. The minimum Gasteiger partial charge on any atom is -0.493 e. The molecule has 2 rings (SSSR count). The van der Waals surface area contributed by atoms with Crippen molar-refractivity contribution in [2.45, 2.75) is 12.7 Å². The van der Waals surface area contributed by atoms with E-state index in [4.69, 9.17) is 15.9 Å². The lowest BCUT2D eigenvalue weighted by Crippen LogP contribution is -2.35. The van der Waals surface area contributed by atoms with Crippen molar-refractivity contribution in [1.29, 1.82) is 0 Å². The number of hydrogen-bond donors (Lipinski definition) is 2. The number of terminal acetylenes is 1. The molecular weight excluding hydrogens is 408 g/mol. The van der Waals surface area contributed by atoms with Gasteiger partial charge in [0, 0.05) is 6.54 Å². The van der Waals surface area contributed by atoms with Crippen molar-refractivity contribution in [3.63, 3.8) is 0 Å². The van der Waals surface area contributed by atoms with Crippen LogP contribution < -0.4 is 20.1 Å². The van der Waals surface area contributed by atoms with E-state index in [0.717, 1.165) is 0 Å². The maximum absolute atomic E-state index is 13.7. The third-order valence-corrected chi connectivity index (χ3v) is 3.74. The normalized spacial score (nSPS) is 10.7. The fourth-order valence-electron chi connectivity index (χ4n) is 2.30. The van der Waals surface area contributed by atoms with Crippen LogP contribution in [0.2, 0.25) is 0 Å². The average molecular weight is 424 g/mol. The van der Waals surface area contributed by atoms with E-state index in [1.54, 1.807) is 12.1 Å². The zero-order valence-corrected chi connectivity index (χ0v) is 15.6. The van der Waals surface area contributed by atoms with Crippen LogP contribution >= 0.6 is 0 Å². The number of ether oxygens (including phenoxy) is 2. The molecule has 30 heavy (non-hydrogen) atoms. The minimum atomic E-state index is -4.73. The number of carbonyl (C=O) groups is 2. The van der Waals surface area contributed by atoms with Crippen molar-refractivity contribution in [2.75, 3.05) is 19.0 Å². The smallest absolute Gasteiger partial charge is 0.416 e. The van der Waals surface area contributed by atoms with Crippen molar-refractivity contribution in [1.82, 2.24) is 5.32 Å². The van der Waals surface area contributed by atoms with Gasteiger partial charge in [-0.2, -0.15) is 13.2 Å². The maximum Gasteiger partial charge on any atom is 0.416 e. The number of rotatable bonds is 6. The third-order valence-electron chi connectivity index (χ3n) is 3.74. The van der Waals surface area contributed by atoms with Gasteiger partial charge in [0.05, 0.1) is 18.4 Å². The number of methoxy groups -OCH3 is 1. The van der Waals surface area contributed by atoms with E-state index in [-0.39, 0.29) is 13.2 Å². The first-order chi connectivity index (χ1) is 14.2. The summed E-state index contributed by atoms with van der Waals surface area (Å²) >= 11 is 0. The standard InChI is InChI=1S/C20H16F4N2O4/c1-3-8-30-17-9-12(4-7-16(17)29-2)11-25-18(27)19(28)26-15-10-13(20(22,23)24)5-6-14(15)21/h1,4-7,9-10H,8,11H2,2H3,(H,25,27)(H,26,28). The van der Waals surface area contributed by atoms with Crippen molar-refractivity contribution in [3.8, 4) is 23.8 Å². The predicted octanol–water partition coefficient (Wildman–Crippen LogP) is 3.12. The number of hydrogen-bond acceptors (Lipinski definition) is 4. The molecule has 0 spiro atoms. The summed E-state index contributed by atoms with van der Waals surface area (Å²) in [5.74, 6) is -0.607. The van der Waals surface area contributed by atoms with Gasteiger partial charge in [-0.3, -0.25) is 9.59 Å². The Hall–Kier alpha value is -3.74. The van der Waals surface area contributed by atoms with Gasteiger partial charge in [-0.1, -0.05) is 12.0 Å². The molecule has 6 nitrogen and oxygen atoms in total. The minimum absolute atomic E-state index is 0.0167. The zero-order chi connectivity index (χ0) is 22.3. The van der Waals surface area contributed by atoms with Gasteiger partial charge in [-0.15, -0.1) is 6.42 Å². The summed E-state index contributed by atoms with van der Waals surface area (Å²) in [7, 11) is 1.43. The Morgan fingerprint density at radius 1 is 1.10 bits per heavy atom. The van der Waals surface area contributed by atoms with Crippen LogP contribution in [0.1, 0.15) is 11.1 Å². The second-order valence-corrected chi connectivity index (χ2v) is 5.81. The number of halogens is 4. The molecule has 0 aliphatic heterocycles. The van der Waals surface area contributed by atoms with E-state index in [9.17, 15) is 27.2 Å². The Morgan fingerprint density at radius 2 is 1.83 bits per heavy atom. The molecule has 0 radical (unpaired) electrons. The highest BCUT2D eigenvalue weighted by Gasteiger charge is 2.31. The van der Waals surface area contributed by atoms with E-state index in [1.807, 2.05) is 5.32 Å². The van der Waals surface area contributed by atoms with Crippen LogP contribution in [-0.4, -0.2) is 25.5 Å². The number of anilines is 1. The number of amides is 2. The van der Waals surface area contributed by atoms with Crippen LogP contribution in [0.25, 0.3) is 0 Å². The molecule has 0 atom stereocenters. The van der Waals surface area contributed by atoms with Gasteiger partial charge >= 0.3 is 18.0 Å². The Balaban J connectivity index is 2.04. The van der Waals surface area contributed by atoms with E-state index < -0.39 is 35.1 Å². The molecule has 2 amide bonds. The summed E-state index contributed by atoms with van der Waals surface area (Å²) in [5.41, 5.74) is -1.41. The molecule has 0 heterocycles. The van der Waals surface area contributed by atoms with Crippen LogP contribution in [0.15, 0.2) is 36.4 Å². The summed E-state index contributed by atoms with van der Waals surface area (Å²) in [6, 6.07) is 6.15. The van der Waals surface area contributed by atoms with Crippen LogP contribution in [-0.2, 0) is 22.3 Å². The van der Waals surface area contributed by atoms with Crippen molar-refractivity contribution in [3.05, 3.63) is 53.3 Å². The van der Waals surface area contributed by atoms with Crippen LogP contribution in [0.3, 0.4) is 0 Å². The molecule has 0 aliphatic rings. The Kier molecular flexibility index (Phi) is 7.25. The first-order valence-electron chi connectivity index (χ1n) is 8.34. The highest BCUT2D eigenvalue weighted by atomic mass is 19.4. The highest BCUT2D eigenvalue weighted by Crippen LogP contribution is 2.32. The van der Waals surface area contributed by atoms with Gasteiger partial charge in [0.2, 0.25) is 0 Å². The van der Waals surface area contributed by atoms with Gasteiger partial charge in [0.25, 0.3) is 0 Å². The number of benzene rings is 2. The highest BCUT2D eigenvalue weighted by molar-refractivity contribution is 6.39. The molecular formula is C20H16F4N2O4. The molecule has 0 saturated heterocycles. The largest absolute Gasteiger partial charge is 0.493 e. The van der Waals surface area contributed by atoms with Gasteiger partial charge in [-0.25, -0.2) is 4.39 Å². The zero-order valence-electron chi connectivity index (χ0n) is 15.6. The van der Waals surface area contributed by atoms with E-state index >= 15 is 0 Å². The molecule has 2 N–H and O–H groups in total. The topological polar surface area (TPSA) is 76.7 Å². The lowest BCUT2D eigenvalue weighted by molar-refractivity contribution is -0.137. The number of carbonyl (C=O) groups excluding carboxylic acids is 2. The number of alkyl halides is 3. The first-order valence-corrected chi connectivity index (χ1v) is 8.34. The van der Waals surface area contributed by atoms with Crippen molar-refractivity contribution in [2.24, 2.45) is 0 Å². The van der Waals surface area contributed by atoms with Gasteiger partial charge in [0.15, 0.2) is 11.5 Å². The van der Waals surface area contributed by atoms with Gasteiger partial charge in [-0.05, 0) is 35.9 Å². The molecule has 2 aromatic carbocycles. The summed E-state index contributed by atoms with van der Waals surface area (Å²) in [5, 5.41) is 4.10. The summed E-state index contributed by atoms with van der Waals surface area (Å²) < 4.78 is 62.3. The molecule has 0 aromatic heterocycles. The quantitative estimate of drug-likeness (QED) is 0.425. The molecule has 0 saturated carbocycles. The van der Waals surface area contributed by atoms with Gasteiger partial charge < -0.3 is 20.1 Å². The molecule has 158 valence electrons. The third kappa shape index (κ3) is 5.88. The van der Waals surface area contributed by atoms with E-state index in [0.29, 0.717) is 35.3 Å². The van der Waals surface area contributed by atoms with Gasteiger partial charge in [0.1, 0.15) is 12.4 Å². The fraction of sp³-hybridized carbons (Fsp3) is 0.200. The van der Waals surface area contributed by atoms with Crippen LogP contribution in [0.5, 0.6) is 11.5 Å². The molecule has 0 bridgehead atoms. The lowest BCUT2D eigenvalue weighted by Gasteiger charge is -2.12. The summed E-state index contributed by atoms with van der Waals surface area (Å²) in [6.07, 6.45) is 0.405. The predicted molar refractivity (Wildman–Crippen MR) is 99.2 cm³/mol. The van der Waals surface area contributed by atoms with Crippen LogP contribution in [0.4, 0.5) is 23.2 Å². The monoisotopic (exact) mass is 424 g/mol. The lowest BCUT2D eigenvalue weighted by atomic mass is 10.2. The molecule has 0 unspecified atom stereocenters. The number of nitrogens with one attached hydrogen (secondary N) is 2. The Bertz CT molecular complexity index is 984. The van der Waals surface area contributed by atoms with Crippen molar-refractivity contribution < 1.29 is 36.6 Å². The average Bonchev–Trinajstić information content (AvgIpc) is 2.71. The SMILES string of the molecule is C#CCOc1cc(CNC(=O)C(=O)Nc2cc(C(F)(F)F)ccc2F)ccc1OC. The fourth-order valence-corrected chi connectivity index (χ4v) is 2.30. The maximum atomic E-state index is 13.7. The summed E-state index contributed by atoms with van der Waals surface area (Å²) in [4.78, 5) is 23.9. The van der Waals surface area contributed by atoms with Crippen molar-refractivity contribution >= 4 is 17.5 Å². The van der Waals surface area contributed by atoms with E-state index in [1.165, 1.54) is 13.2 Å². The Labute approximate surface area is 169 Å².